The van der Waals surface area contributed by atoms with Crippen LogP contribution >= 0.6 is 0 Å². The van der Waals surface area contributed by atoms with Crippen LogP contribution in [0.5, 0.6) is 0 Å². The zero-order valence-corrected chi connectivity index (χ0v) is 11.3. The molecule has 0 saturated heterocycles. The van der Waals surface area contributed by atoms with Gasteiger partial charge in [-0.2, -0.15) is 0 Å². The van der Waals surface area contributed by atoms with Crippen molar-refractivity contribution in [3.05, 3.63) is 60.3 Å². The third kappa shape index (κ3) is 3.20. The van der Waals surface area contributed by atoms with Crippen molar-refractivity contribution in [3.8, 4) is 0 Å². The summed E-state index contributed by atoms with van der Waals surface area (Å²) in [6.45, 7) is 1.97. The zero-order chi connectivity index (χ0) is 14.5. The Bertz CT molecular complexity index is 718. The number of aryl methyl sites for hydroxylation is 2. The van der Waals surface area contributed by atoms with Crippen molar-refractivity contribution in [2.24, 2.45) is 7.05 Å². The Hall–Kier alpha value is -2.69. The fourth-order valence-corrected chi connectivity index (χ4v) is 1.63. The van der Waals surface area contributed by atoms with Crippen molar-refractivity contribution in [2.75, 3.05) is 0 Å². The fourth-order valence-electron chi connectivity index (χ4n) is 1.63. The zero-order valence-electron chi connectivity index (χ0n) is 11.3. The Morgan fingerprint density at radius 3 is 2.55 bits per heavy atom. The standard InChI is InChI=1S/C10H7NO2.C5H8N2/c12-10(13)8-5-7-3-1-2-4-9(7)11-6-8;1-5-6-3-4-7(5)2/h1-6H,(H,12,13);3-4H,1-2H3. The van der Waals surface area contributed by atoms with Crippen LogP contribution in [0, 0.1) is 6.92 Å². The lowest BCUT2D eigenvalue weighted by molar-refractivity contribution is 0.0696. The van der Waals surface area contributed by atoms with Crippen LogP contribution in [0.15, 0.2) is 48.9 Å². The van der Waals surface area contributed by atoms with Gasteiger partial charge in [0.15, 0.2) is 0 Å². The third-order valence-corrected chi connectivity index (χ3v) is 2.90. The summed E-state index contributed by atoms with van der Waals surface area (Å²) in [5, 5.41) is 9.55. The topological polar surface area (TPSA) is 68.0 Å². The van der Waals surface area contributed by atoms with E-state index in [2.05, 4.69) is 9.97 Å². The fraction of sp³-hybridized carbons (Fsp3) is 0.133. The van der Waals surface area contributed by atoms with Crippen LogP contribution in [-0.4, -0.2) is 25.6 Å². The van der Waals surface area contributed by atoms with Crippen molar-refractivity contribution in [1.82, 2.24) is 14.5 Å². The number of aromatic carboxylic acids is 1. The monoisotopic (exact) mass is 269 g/mol. The summed E-state index contributed by atoms with van der Waals surface area (Å²) in [5.74, 6) is 0.109. The SMILES string of the molecule is Cc1nccn1C.O=C(O)c1cnc2ccccc2c1. The van der Waals surface area contributed by atoms with E-state index in [-0.39, 0.29) is 5.56 Å². The Balaban J connectivity index is 0.000000178. The summed E-state index contributed by atoms with van der Waals surface area (Å²) in [5.41, 5.74) is 1.03. The molecule has 0 aliphatic carbocycles. The van der Waals surface area contributed by atoms with Gasteiger partial charge in [-0.05, 0) is 19.1 Å². The summed E-state index contributed by atoms with van der Waals surface area (Å²) in [7, 11) is 1.97. The summed E-state index contributed by atoms with van der Waals surface area (Å²) in [6.07, 6.45) is 5.08. The third-order valence-electron chi connectivity index (χ3n) is 2.90. The van der Waals surface area contributed by atoms with Gasteiger partial charge in [-0.3, -0.25) is 4.98 Å². The van der Waals surface area contributed by atoms with Crippen molar-refractivity contribution in [2.45, 2.75) is 6.92 Å². The summed E-state index contributed by atoms with van der Waals surface area (Å²) in [4.78, 5) is 18.6. The molecule has 0 atom stereocenters. The Morgan fingerprint density at radius 1 is 1.25 bits per heavy atom. The molecule has 0 fully saturated rings. The van der Waals surface area contributed by atoms with Gasteiger partial charge in [0.25, 0.3) is 0 Å². The molecule has 3 aromatic rings. The van der Waals surface area contributed by atoms with E-state index < -0.39 is 5.97 Å². The number of nitrogens with zero attached hydrogens (tertiary/aromatic N) is 3. The number of aromatic nitrogens is 3. The van der Waals surface area contributed by atoms with Gasteiger partial charge >= 0.3 is 5.97 Å². The summed E-state index contributed by atoms with van der Waals surface area (Å²) >= 11 is 0. The number of hydrogen-bond donors (Lipinski definition) is 1. The molecule has 5 nitrogen and oxygen atoms in total. The van der Waals surface area contributed by atoms with Crippen LogP contribution in [0.1, 0.15) is 16.2 Å². The van der Waals surface area contributed by atoms with Gasteiger partial charge in [0.1, 0.15) is 5.82 Å². The molecule has 0 amide bonds. The number of imidazole rings is 1. The molecule has 0 saturated carbocycles. The van der Waals surface area contributed by atoms with E-state index in [1.54, 1.807) is 12.3 Å². The van der Waals surface area contributed by atoms with Gasteiger partial charge in [0.2, 0.25) is 0 Å². The number of carboxylic acid groups (broad SMARTS) is 1. The first kappa shape index (κ1) is 13.7. The quantitative estimate of drug-likeness (QED) is 0.737. The minimum absolute atomic E-state index is 0.221. The van der Waals surface area contributed by atoms with Crippen LogP contribution in [-0.2, 0) is 7.05 Å². The molecule has 0 bridgehead atoms. The van der Waals surface area contributed by atoms with Crippen LogP contribution in [0.3, 0.4) is 0 Å². The minimum atomic E-state index is -0.946. The Morgan fingerprint density at radius 2 is 2.00 bits per heavy atom. The highest BCUT2D eigenvalue weighted by atomic mass is 16.4. The number of hydrogen-bond acceptors (Lipinski definition) is 3. The van der Waals surface area contributed by atoms with E-state index in [0.29, 0.717) is 0 Å². The van der Waals surface area contributed by atoms with E-state index in [1.165, 1.54) is 6.20 Å². The number of pyridine rings is 1. The molecule has 1 N–H and O–H groups in total. The van der Waals surface area contributed by atoms with Crippen molar-refractivity contribution in [3.63, 3.8) is 0 Å². The van der Waals surface area contributed by atoms with E-state index in [9.17, 15) is 4.79 Å². The summed E-state index contributed by atoms with van der Waals surface area (Å²) in [6, 6.07) is 9.03. The molecule has 0 aliphatic rings. The van der Waals surface area contributed by atoms with E-state index >= 15 is 0 Å². The van der Waals surface area contributed by atoms with Crippen LogP contribution in [0.25, 0.3) is 10.9 Å². The predicted octanol–water partition coefficient (Wildman–Crippen LogP) is 2.66. The van der Waals surface area contributed by atoms with Gasteiger partial charge in [-0.25, -0.2) is 9.78 Å². The predicted molar refractivity (Wildman–Crippen MR) is 76.6 cm³/mol. The highest BCUT2D eigenvalue weighted by molar-refractivity contribution is 5.92. The second-order valence-corrected chi connectivity index (χ2v) is 4.31. The first-order valence-electron chi connectivity index (χ1n) is 6.10. The highest BCUT2D eigenvalue weighted by Crippen LogP contribution is 2.12. The summed E-state index contributed by atoms with van der Waals surface area (Å²) < 4.78 is 1.97. The van der Waals surface area contributed by atoms with Gasteiger partial charge in [0, 0.05) is 31.0 Å². The molecular formula is C15H15N3O2. The lowest BCUT2D eigenvalue weighted by atomic mass is 10.2. The highest BCUT2D eigenvalue weighted by Gasteiger charge is 2.03. The molecule has 2 aromatic heterocycles. The average Bonchev–Trinajstić information content (AvgIpc) is 2.83. The molecule has 5 heteroatoms. The number of benzene rings is 1. The maximum absolute atomic E-state index is 10.6. The maximum Gasteiger partial charge on any atom is 0.337 e. The lowest BCUT2D eigenvalue weighted by Crippen LogP contribution is -1.96. The molecule has 0 spiro atoms. The molecule has 2 heterocycles. The Kier molecular flexibility index (Phi) is 4.10. The number of rotatable bonds is 1. The van der Waals surface area contributed by atoms with Crippen LogP contribution in [0.2, 0.25) is 0 Å². The molecule has 20 heavy (non-hydrogen) atoms. The number of para-hydroxylation sites is 1. The van der Waals surface area contributed by atoms with Gasteiger partial charge in [-0.15, -0.1) is 0 Å². The molecule has 0 unspecified atom stereocenters. The number of carbonyl (C=O) groups is 1. The van der Waals surface area contributed by atoms with E-state index in [4.69, 9.17) is 5.11 Å². The van der Waals surface area contributed by atoms with E-state index in [0.717, 1.165) is 16.7 Å². The largest absolute Gasteiger partial charge is 0.478 e. The van der Waals surface area contributed by atoms with Crippen molar-refractivity contribution < 1.29 is 9.90 Å². The number of carboxylic acids is 1. The second kappa shape index (κ2) is 5.97. The van der Waals surface area contributed by atoms with Gasteiger partial charge < -0.3 is 9.67 Å². The lowest BCUT2D eigenvalue weighted by Gasteiger charge is -1.97. The second-order valence-electron chi connectivity index (χ2n) is 4.31. The Labute approximate surface area is 116 Å². The molecular weight excluding hydrogens is 254 g/mol. The molecule has 0 aliphatic heterocycles. The maximum atomic E-state index is 10.6. The van der Waals surface area contributed by atoms with Crippen molar-refractivity contribution in [1.29, 1.82) is 0 Å². The first-order valence-corrected chi connectivity index (χ1v) is 6.10. The normalized spacial score (nSPS) is 9.90. The molecule has 3 rings (SSSR count). The first-order chi connectivity index (χ1) is 9.58. The van der Waals surface area contributed by atoms with Gasteiger partial charge in [-0.1, -0.05) is 18.2 Å². The molecule has 102 valence electrons. The van der Waals surface area contributed by atoms with Crippen LogP contribution in [0.4, 0.5) is 0 Å². The van der Waals surface area contributed by atoms with Crippen molar-refractivity contribution >= 4 is 16.9 Å². The van der Waals surface area contributed by atoms with Gasteiger partial charge in [0.05, 0.1) is 11.1 Å². The van der Waals surface area contributed by atoms with E-state index in [1.807, 2.05) is 49.0 Å². The molecule has 1 aromatic carbocycles. The molecule has 0 radical (unpaired) electrons. The smallest absolute Gasteiger partial charge is 0.337 e. The average molecular weight is 269 g/mol. The van der Waals surface area contributed by atoms with Crippen LogP contribution < -0.4 is 0 Å². The number of fused-ring (bicyclic) bond motifs is 1. The minimum Gasteiger partial charge on any atom is -0.478 e.